The molecule has 138 valence electrons. The standard InChI is InChI=1S/C20H22F3N3/c1-13-19(14-7-9-26(13)10-8-14)25-17-5-6-18(24-12-17)15-3-2-4-16(11-15)20(21,22)23/h2-6,11-14,19,25H,7-10H2,1H3/t13-,19-/m1/s1. The highest BCUT2D eigenvalue weighted by Crippen LogP contribution is 2.35. The first-order valence-electron chi connectivity index (χ1n) is 9.06. The lowest BCUT2D eigenvalue weighted by molar-refractivity contribution is -0.137. The van der Waals surface area contributed by atoms with Crippen LogP contribution in [0.1, 0.15) is 25.3 Å². The average molecular weight is 361 g/mol. The number of halogens is 3. The first kappa shape index (κ1) is 17.3. The van der Waals surface area contributed by atoms with Crippen molar-refractivity contribution in [2.24, 2.45) is 5.92 Å². The second-order valence-corrected chi connectivity index (χ2v) is 7.29. The number of piperidine rings is 3. The maximum atomic E-state index is 12.9. The molecule has 3 aliphatic heterocycles. The van der Waals surface area contributed by atoms with Crippen LogP contribution in [-0.4, -0.2) is 35.1 Å². The van der Waals surface area contributed by atoms with Gasteiger partial charge in [-0.05, 0) is 63.0 Å². The van der Waals surface area contributed by atoms with Crippen molar-refractivity contribution in [1.29, 1.82) is 0 Å². The van der Waals surface area contributed by atoms with E-state index >= 15 is 0 Å². The first-order valence-corrected chi connectivity index (χ1v) is 9.06. The van der Waals surface area contributed by atoms with Gasteiger partial charge in [-0.25, -0.2) is 0 Å². The molecule has 4 heterocycles. The third-order valence-electron chi connectivity index (χ3n) is 5.76. The second kappa shape index (κ2) is 6.58. The number of rotatable bonds is 3. The van der Waals surface area contributed by atoms with Gasteiger partial charge in [0.2, 0.25) is 0 Å². The lowest BCUT2D eigenvalue weighted by Crippen LogP contribution is -2.59. The second-order valence-electron chi connectivity index (χ2n) is 7.29. The molecule has 0 unspecified atom stereocenters. The van der Waals surface area contributed by atoms with Gasteiger partial charge in [-0.1, -0.05) is 12.1 Å². The topological polar surface area (TPSA) is 28.2 Å². The van der Waals surface area contributed by atoms with E-state index in [4.69, 9.17) is 0 Å². The molecule has 1 aromatic heterocycles. The molecule has 26 heavy (non-hydrogen) atoms. The molecular formula is C20H22F3N3. The maximum absolute atomic E-state index is 12.9. The Kier molecular flexibility index (Phi) is 4.39. The van der Waals surface area contributed by atoms with Crippen molar-refractivity contribution in [1.82, 2.24) is 9.88 Å². The van der Waals surface area contributed by atoms with Crippen LogP contribution in [0.2, 0.25) is 0 Å². The summed E-state index contributed by atoms with van der Waals surface area (Å²) >= 11 is 0. The zero-order valence-electron chi connectivity index (χ0n) is 14.6. The summed E-state index contributed by atoms with van der Waals surface area (Å²) in [6.07, 6.45) is -0.182. The molecule has 0 amide bonds. The summed E-state index contributed by atoms with van der Waals surface area (Å²) in [7, 11) is 0. The van der Waals surface area contributed by atoms with E-state index < -0.39 is 11.7 Å². The molecule has 6 heteroatoms. The maximum Gasteiger partial charge on any atom is 0.416 e. The number of pyridine rings is 1. The van der Waals surface area contributed by atoms with Gasteiger partial charge in [-0.3, -0.25) is 9.88 Å². The summed E-state index contributed by atoms with van der Waals surface area (Å²) in [5, 5.41) is 3.59. The molecule has 0 spiro atoms. The van der Waals surface area contributed by atoms with E-state index in [1.54, 1.807) is 18.3 Å². The molecule has 5 rings (SSSR count). The predicted octanol–water partition coefficient (Wildman–Crippen LogP) is 4.66. The molecule has 1 aromatic carbocycles. The van der Waals surface area contributed by atoms with E-state index in [2.05, 4.69) is 22.1 Å². The van der Waals surface area contributed by atoms with Crippen molar-refractivity contribution in [3.63, 3.8) is 0 Å². The Morgan fingerprint density at radius 3 is 2.50 bits per heavy atom. The van der Waals surface area contributed by atoms with E-state index in [1.165, 1.54) is 32.0 Å². The monoisotopic (exact) mass is 361 g/mol. The summed E-state index contributed by atoms with van der Waals surface area (Å²) in [6.45, 7) is 4.61. The number of benzene rings is 1. The molecular weight excluding hydrogens is 339 g/mol. The van der Waals surface area contributed by atoms with Gasteiger partial charge in [-0.2, -0.15) is 13.2 Å². The number of fused-ring (bicyclic) bond motifs is 3. The number of aromatic nitrogens is 1. The van der Waals surface area contributed by atoms with Gasteiger partial charge in [0.15, 0.2) is 0 Å². The summed E-state index contributed by atoms with van der Waals surface area (Å²) in [6, 6.07) is 9.88. The van der Waals surface area contributed by atoms with Crippen LogP contribution < -0.4 is 5.32 Å². The van der Waals surface area contributed by atoms with Crippen molar-refractivity contribution in [2.75, 3.05) is 18.4 Å². The minimum absolute atomic E-state index is 0.402. The van der Waals surface area contributed by atoms with Crippen LogP contribution in [0.15, 0.2) is 42.6 Å². The fourth-order valence-electron chi connectivity index (χ4n) is 4.24. The quantitative estimate of drug-likeness (QED) is 0.862. The van der Waals surface area contributed by atoms with Crippen molar-refractivity contribution in [3.8, 4) is 11.3 Å². The number of hydrogen-bond donors (Lipinski definition) is 1. The number of nitrogens with zero attached hydrogens (tertiary/aromatic N) is 2. The number of nitrogens with one attached hydrogen (secondary N) is 1. The van der Waals surface area contributed by atoms with E-state index in [0.29, 0.717) is 29.3 Å². The fourth-order valence-corrected chi connectivity index (χ4v) is 4.24. The van der Waals surface area contributed by atoms with Crippen LogP contribution >= 0.6 is 0 Å². The van der Waals surface area contributed by atoms with Crippen LogP contribution in [0.4, 0.5) is 18.9 Å². The lowest BCUT2D eigenvalue weighted by atomic mass is 9.79. The molecule has 3 nitrogen and oxygen atoms in total. The van der Waals surface area contributed by atoms with E-state index in [-0.39, 0.29) is 0 Å². The van der Waals surface area contributed by atoms with Crippen LogP contribution in [0, 0.1) is 5.92 Å². The summed E-state index contributed by atoms with van der Waals surface area (Å²) in [5.74, 6) is 0.679. The van der Waals surface area contributed by atoms with E-state index in [9.17, 15) is 13.2 Å². The highest BCUT2D eigenvalue weighted by Gasteiger charge is 2.39. The molecule has 0 aliphatic carbocycles. The highest BCUT2D eigenvalue weighted by molar-refractivity contribution is 5.62. The molecule has 3 aliphatic rings. The van der Waals surface area contributed by atoms with Gasteiger partial charge in [0.1, 0.15) is 0 Å². The Hall–Kier alpha value is -2.08. The smallest absolute Gasteiger partial charge is 0.379 e. The highest BCUT2D eigenvalue weighted by atomic mass is 19.4. The van der Waals surface area contributed by atoms with Gasteiger partial charge >= 0.3 is 6.18 Å². The molecule has 3 fully saturated rings. The third kappa shape index (κ3) is 3.30. The zero-order chi connectivity index (χ0) is 18.3. The Morgan fingerprint density at radius 2 is 1.88 bits per heavy atom. The molecule has 3 saturated heterocycles. The fraction of sp³-hybridized carbons (Fsp3) is 0.450. The molecule has 0 radical (unpaired) electrons. The Labute approximate surface area is 151 Å². The lowest BCUT2D eigenvalue weighted by Gasteiger charge is -2.50. The first-order chi connectivity index (χ1) is 12.4. The molecule has 0 saturated carbocycles. The Bertz CT molecular complexity index is 763. The van der Waals surface area contributed by atoms with Gasteiger partial charge in [0, 0.05) is 17.6 Å². The van der Waals surface area contributed by atoms with Gasteiger partial charge < -0.3 is 5.32 Å². The number of anilines is 1. The minimum atomic E-state index is -4.34. The van der Waals surface area contributed by atoms with Gasteiger partial charge in [-0.15, -0.1) is 0 Å². The van der Waals surface area contributed by atoms with Crippen molar-refractivity contribution in [3.05, 3.63) is 48.2 Å². The summed E-state index contributed by atoms with van der Waals surface area (Å²) in [4.78, 5) is 6.90. The van der Waals surface area contributed by atoms with Crippen LogP contribution in [0.3, 0.4) is 0 Å². The molecule has 2 bridgehead atoms. The van der Waals surface area contributed by atoms with E-state index in [0.717, 1.165) is 17.8 Å². The van der Waals surface area contributed by atoms with Crippen molar-refractivity contribution in [2.45, 2.75) is 38.0 Å². The molecule has 2 atom stereocenters. The zero-order valence-corrected chi connectivity index (χ0v) is 14.6. The van der Waals surface area contributed by atoms with Gasteiger partial charge in [0.25, 0.3) is 0 Å². The predicted molar refractivity (Wildman–Crippen MR) is 95.8 cm³/mol. The minimum Gasteiger partial charge on any atom is -0.379 e. The largest absolute Gasteiger partial charge is 0.416 e. The Balaban J connectivity index is 1.51. The van der Waals surface area contributed by atoms with Crippen LogP contribution in [-0.2, 0) is 6.18 Å². The third-order valence-corrected chi connectivity index (χ3v) is 5.76. The van der Waals surface area contributed by atoms with Crippen molar-refractivity contribution < 1.29 is 13.2 Å². The average Bonchev–Trinajstić information content (AvgIpc) is 2.65. The molecule has 2 aromatic rings. The normalized spacial score (nSPS) is 28.2. The number of alkyl halides is 3. The summed E-state index contributed by atoms with van der Waals surface area (Å²) in [5.41, 5.74) is 1.29. The van der Waals surface area contributed by atoms with Crippen LogP contribution in [0.25, 0.3) is 11.3 Å². The van der Waals surface area contributed by atoms with E-state index in [1.807, 2.05) is 6.07 Å². The SMILES string of the molecule is C[C@@H]1[C@@H](Nc2ccc(-c3cccc(C(F)(F)F)c3)nc2)C2CCN1CC2. The van der Waals surface area contributed by atoms with Crippen molar-refractivity contribution >= 4 is 5.69 Å². The molecule has 1 N–H and O–H groups in total. The van der Waals surface area contributed by atoms with Gasteiger partial charge in [0.05, 0.1) is 23.1 Å². The van der Waals surface area contributed by atoms with Crippen LogP contribution in [0.5, 0.6) is 0 Å². The number of hydrogen-bond acceptors (Lipinski definition) is 3. The Morgan fingerprint density at radius 1 is 1.12 bits per heavy atom. The summed E-state index contributed by atoms with van der Waals surface area (Å²) < 4.78 is 38.7.